The molecule has 1 saturated heterocycles. The fourth-order valence-corrected chi connectivity index (χ4v) is 2.44. The van der Waals surface area contributed by atoms with Gasteiger partial charge in [0.1, 0.15) is 22.6 Å². The number of nitriles is 1. The Kier molecular flexibility index (Phi) is 4.77. The summed E-state index contributed by atoms with van der Waals surface area (Å²) in [5, 5.41) is 11.9. The standard InChI is InChI=1S/C15H19ClN4O2/c1-15(2,3)22-14(21)18-11-6-7-20(9-11)12-5-4-10(8-17)13(16)19-12/h4-5,11H,6-7,9H2,1-3H3,(H,18,21). The van der Waals surface area contributed by atoms with Gasteiger partial charge >= 0.3 is 6.09 Å². The minimum Gasteiger partial charge on any atom is -0.444 e. The summed E-state index contributed by atoms with van der Waals surface area (Å²) in [5.74, 6) is 0.706. The summed E-state index contributed by atoms with van der Waals surface area (Å²) < 4.78 is 5.25. The van der Waals surface area contributed by atoms with Gasteiger partial charge in [0.05, 0.1) is 11.6 Å². The molecule has 118 valence electrons. The van der Waals surface area contributed by atoms with Crippen LogP contribution < -0.4 is 10.2 Å². The molecule has 1 amide bonds. The predicted molar refractivity (Wildman–Crippen MR) is 83.9 cm³/mol. The summed E-state index contributed by atoms with van der Waals surface area (Å²) in [6, 6.07) is 5.40. The third-order valence-electron chi connectivity index (χ3n) is 3.19. The molecule has 1 atom stereocenters. The molecule has 0 spiro atoms. The molecule has 1 aromatic heterocycles. The van der Waals surface area contributed by atoms with Gasteiger partial charge in [-0.25, -0.2) is 9.78 Å². The van der Waals surface area contributed by atoms with E-state index in [-0.39, 0.29) is 11.2 Å². The number of carbonyl (C=O) groups is 1. The normalized spacial score (nSPS) is 18.0. The molecular formula is C15H19ClN4O2. The van der Waals surface area contributed by atoms with E-state index in [0.717, 1.165) is 13.0 Å². The largest absolute Gasteiger partial charge is 0.444 e. The molecule has 7 heteroatoms. The van der Waals surface area contributed by atoms with Gasteiger partial charge in [0.2, 0.25) is 0 Å². The molecule has 1 fully saturated rings. The maximum absolute atomic E-state index is 11.8. The van der Waals surface area contributed by atoms with Gasteiger partial charge in [-0.05, 0) is 39.3 Å². The Labute approximate surface area is 135 Å². The highest BCUT2D eigenvalue weighted by Crippen LogP contribution is 2.22. The van der Waals surface area contributed by atoms with Crippen molar-refractivity contribution >= 4 is 23.5 Å². The number of nitrogens with one attached hydrogen (secondary N) is 1. The summed E-state index contributed by atoms with van der Waals surface area (Å²) in [4.78, 5) is 18.0. The maximum atomic E-state index is 11.8. The summed E-state index contributed by atoms with van der Waals surface area (Å²) in [6.07, 6.45) is 0.392. The highest BCUT2D eigenvalue weighted by atomic mass is 35.5. The van der Waals surface area contributed by atoms with Crippen LogP contribution in [-0.2, 0) is 4.74 Å². The van der Waals surface area contributed by atoms with E-state index in [2.05, 4.69) is 10.3 Å². The average molecular weight is 323 g/mol. The number of aromatic nitrogens is 1. The van der Waals surface area contributed by atoms with Crippen molar-refractivity contribution in [3.63, 3.8) is 0 Å². The number of ether oxygens (including phenoxy) is 1. The number of anilines is 1. The molecule has 1 aliphatic heterocycles. The van der Waals surface area contributed by atoms with Crippen molar-refractivity contribution in [2.45, 2.75) is 38.8 Å². The van der Waals surface area contributed by atoms with Crippen LogP contribution in [0.5, 0.6) is 0 Å². The van der Waals surface area contributed by atoms with Crippen LogP contribution in [-0.4, -0.2) is 35.8 Å². The third-order valence-corrected chi connectivity index (χ3v) is 3.48. The number of carbonyl (C=O) groups excluding carboxylic acids is 1. The zero-order valence-electron chi connectivity index (χ0n) is 12.9. The first-order chi connectivity index (χ1) is 10.3. The molecule has 6 nitrogen and oxygen atoms in total. The number of nitrogens with zero attached hydrogens (tertiary/aromatic N) is 3. The van der Waals surface area contributed by atoms with Crippen LogP contribution in [0.2, 0.25) is 5.15 Å². The SMILES string of the molecule is CC(C)(C)OC(=O)NC1CCN(c2ccc(C#N)c(Cl)n2)C1. The number of hydrogen-bond donors (Lipinski definition) is 1. The minimum atomic E-state index is -0.509. The highest BCUT2D eigenvalue weighted by Gasteiger charge is 2.27. The van der Waals surface area contributed by atoms with Gasteiger partial charge in [0.15, 0.2) is 0 Å². The van der Waals surface area contributed by atoms with E-state index in [1.54, 1.807) is 12.1 Å². The molecule has 2 rings (SSSR count). The smallest absolute Gasteiger partial charge is 0.407 e. The van der Waals surface area contributed by atoms with Crippen LogP contribution in [0.4, 0.5) is 10.6 Å². The lowest BCUT2D eigenvalue weighted by Crippen LogP contribution is -2.40. The van der Waals surface area contributed by atoms with Crippen LogP contribution in [0, 0.1) is 11.3 Å². The van der Waals surface area contributed by atoms with Crippen molar-refractivity contribution in [1.82, 2.24) is 10.3 Å². The number of hydrogen-bond acceptors (Lipinski definition) is 5. The Balaban J connectivity index is 1.94. The van der Waals surface area contributed by atoms with Crippen LogP contribution in [0.25, 0.3) is 0 Å². The van der Waals surface area contributed by atoms with E-state index in [9.17, 15) is 4.79 Å². The number of rotatable bonds is 2. The van der Waals surface area contributed by atoms with Crippen LogP contribution in [0.1, 0.15) is 32.8 Å². The van der Waals surface area contributed by atoms with Gasteiger partial charge < -0.3 is 15.0 Å². The second-order valence-corrected chi connectivity index (χ2v) is 6.56. The molecule has 0 bridgehead atoms. The van der Waals surface area contributed by atoms with E-state index in [1.807, 2.05) is 31.7 Å². The van der Waals surface area contributed by atoms with E-state index in [1.165, 1.54) is 0 Å². The fourth-order valence-electron chi connectivity index (χ4n) is 2.24. The Morgan fingerprint density at radius 1 is 1.55 bits per heavy atom. The van der Waals surface area contributed by atoms with E-state index < -0.39 is 11.7 Å². The number of pyridine rings is 1. The van der Waals surface area contributed by atoms with Crippen LogP contribution >= 0.6 is 11.6 Å². The van der Waals surface area contributed by atoms with Crippen LogP contribution in [0.15, 0.2) is 12.1 Å². The average Bonchev–Trinajstić information content (AvgIpc) is 2.84. The van der Waals surface area contributed by atoms with Crippen molar-refractivity contribution in [3.8, 4) is 6.07 Å². The number of amides is 1. The maximum Gasteiger partial charge on any atom is 0.407 e. The zero-order valence-corrected chi connectivity index (χ0v) is 13.6. The molecule has 1 N–H and O–H groups in total. The molecule has 0 aliphatic carbocycles. The Morgan fingerprint density at radius 3 is 2.86 bits per heavy atom. The lowest BCUT2D eigenvalue weighted by molar-refractivity contribution is 0.0509. The van der Waals surface area contributed by atoms with Gasteiger partial charge in [-0.15, -0.1) is 0 Å². The first kappa shape index (κ1) is 16.4. The first-order valence-corrected chi connectivity index (χ1v) is 7.47. The van der Waals surface area contributed by atoms with Gasteiger partial charge in [0, 0.05) is 13.1 Å². The summed E-state index contributed by atoms with van der Waals surface area (Å²) >= 11 is 5.95. The molecular weight excluding hydrogens is 304 g/mol. The minimum absolute atomic E-state index is 0.00562. The molecule has 1 unspecified atom stereocenters. The van der Waals surface area contributed by atoms with Gasteiger partial charge in [-0.3, -0.25) is 0 Å². The van der Waals surface area contributed by atoms with E-state index in [0.29, 0.717) is 17.9 Å². The van der Waals surface area contributed by atoms with Crippen molar-refractivity contribution in [1.29, 1.82) is 5.26 Å². The molecule has 0 saturated carbocycles. The summed E-state index contributed by atoms with van der Waals surface area (Å²) in [6.45, 7) is 6.88. The lowest BCUT2D eigenvalue weighted by Gasteiger charge is -2.22. The Morgan fingerprint density at radius 2 is 2.27 bits per heavy atom. The molecule has 22 heavy (non-hydrogen) atoms. The van der Waals surface area contributed by atoms with Gasteiger partial charge in [-0.1, -0.05) is 11.6 Å². The molecule has 0 aromatic carbocycles. The zero-order chi connectivity index (χ0) is 16.3. The van der Waals surface area contributed by atoms with Crippen molar-refractivity contribution < 1.29 is 9.53 Å². The topological polar surface area (TPSA) is 78.2 Å². The van der Waals surface area contributed by atoms with Gasteiger partial charge in [-0.2, -0.15) is 5.26 Å². The Hall–Kier alpha value is -2.00. The van der Waals surface area contributed by atoms with Crippen LogP contribution in [0.3, 0.4) is 0 Å². The van der Waals surface area contributed by atoms with Crippen molar-refractivity contribution in [2.75, 3.05) is 18.0 Å². The molecule has 0 radical (unpaired) electrons. The van der Waals surface area contributed by atoms with Gasteiger partial charge in [0.25, 0.3) is 0 Å². The fraction of sp³-hybridized carbons (Fsp3) is 0.533. The molecule has 2 heterocycles. The van der Waals surface area contributed by atoms with E-state index >= 15 is 0 Å². The number of alkyl carbamates (subject to hydrolysis) is 1. The second kappa shape index (κ2) is 6.41. The Bertz CT molecular complexity index is 607. The first-order valence-electron chi connectivity index (χ1n) is 7.09. The molecule has 1 aliphatic rings. The highest BCUT2D eigenvalue weighted by molar-refractivity contribution is 6.30. The summed E-state index contributed by atoms with van der Waals surface area (Å²) in [7, 11) is 0. The monoisotopic (exact) mass is 322 g/mol. The van der Waals surface area contributed by atoms with Crippen molar-refractivity contribution in [3.05, 3.63) is 22.8 Å². The predicted octanol–water partition coefficient (Wildman–Crippen LogP) is 2.71. The van der Waals surface area contributed by atoms with E-state index in [4.69, 9.17) is 21.6 Å². The van der Waals surface area contributed by atoms with Crippen molar-refractivity contribution in [2.24, 2.45) is 0 Å². The quantitative estimate of drug-likeness (QED) is 0.847. The molecule has 1 aromatic rings. The third kappa shape index (κ3) is 4.25. The number of halogens is 1. The second-order valence-electron chi connectivity index (χ2n) is 6.20. The lowest BCUT2D eigenvalue weighted by atomic mass is 10.2. The summed E-state index contributed by atoms with van der Waals surface area (Å²) in [5.41, 5.74) is -0.155.